The van der Waals surface area contributed by atoms with E-state index in [1.165, 1.54) is 24.6 Å². The van der Waals surface area contributed by atoms with Crippen LogP contribution in [0.3, 0.4) is 0 Å². The third-order valence-electron chi connectivity index (χ3n) is 2.37. The van der Waals surface area contributed by atoms with E-state index < -0.39 is 0 Å². The molecule has 5 heteroatoms. The van der Waals surface area contributed by atoms with Gasteiger partial charge in [0.2, 0.25) is 0 Å². The Bertz CT molecular complexity index is 585. The van der Waals surface area contributed by atoms with Crippen LogP contribution in [-0.4, -0.2) is 12.4 Å². The molecule has 0 unspecified atom stereocenters. The first-order valence-electron chi connectivity index (χ1n) is 6.07. The molecule has 102 valence electrons. The highest BCUT2D eigenvalue weighted by molar-refractivity contribution is 6.15. The Balaban J connectivity index is 1.69. The lowest BCUT2D eigenvalue weighted by molar-refractivity contribution is 0.132. The van der Waals surface area contributed by atoms with Gasteiger partial charge in [-0.3, -0.25) is 5.43 Å². The molecule has 2 rings (SSSR count). The highest BCUT2D eigenvalue weighted by Crippen LogP contribution is 2.08. The van der Waals surface area contributed by atoms with Gasteiger partial charge in [-0.15, -0.1) is 0 Å². The third kappa shape index (κ3) is 4.89. The Labute approximate surface area is 116 Å². The summed E-state index contributed by atoms with van der Waals surface area (Å²) in [4.78, 5) is 5.08. The first-order valence-corrected chi connectivity index (χ1v) is 6.07. The van der Waals surface area contributed by atoms with E-state index >= 15 is 0 Å². The summed E-state index contributed by atoms with van der Waals surface area (Å²) >= 11 is 0. The predicted molar refractivity (Wildman–Crippen MR) is 78.2 cm³/mol. The minimum Gasteiger partial charge on any atom is -0.391 e. The second-order valence-corrected chi connectivity index (χ2v) is 3.91. The Morgan fingerprint density at radius 2 is 1.90 bits per heavy atom. The number of hydrogen-bond donors (Lipinski definition) is 1. The first kappa shape index (κ1) is 13.7. The number of rotatable bonds is 6. The number of hydrogen-bond acceptors (Lipinski definition) is 4. The van der Waals surface area contributed by atoms with Gasteiger partial charge in [-0.05, 0) is 23.8 Å². The Morgan fingerprint density at radius 1 is 1.05 bits per heavy atom. The zero-order valence-corrected chi connectivity index (χ0v) is 10.7. The van der Waals surface area contributed by atoms with E-state index in [2.05, 4.69) is 15.7 Å². The number of anilines is 1. The van der Waals surface area contributed by atoms with Gasteiger partial charge in [0.15, 0.2) is 0 Å². The van der Waals surface area contributed by atoms with Crippen molar-refractivity contribution in [3.8, 4) is 0 Å². The molecule has 0 bridgehead atoms. The second kappa shape index (κ2) is 7.68. The molecule has 0 aliphatic heterocycles. The van der Waals surface area contributed by atoms with Gasteiger partial charge in [-0.1, -0.05) is 41.6 Å². The Kier molecular flexibility index (Phi) is 5.27. The van der Waals surface area contributed by atoms with Crippen LogP contribution in [0.1, 0.15) is 5.56 Å². The molecule has 0 aliphatic rings. The van der Waals surface area contributed by atoms with Gasteiger partial charge in [0.1, 0.15) is 12.4 Å². The van der Waals surface area contributed by atoms with Crippen molar-refractivity contribution in [3.05, 3.63) is 66.0 Å². The van der Waals surface area contributed by atoms with Gasteiger partial charge in [-0.25, -0.2) is 4.39 Å². The third-order valence-corrected chi connectivity index (χ3v) is 2.37. The van der Waals surface area contributed by atoms with E-state index in [1.54, 1.807) is 12.1 Å². The van der Waals surface area contributed by atoms with Crippen LogP contribution in [0.4, 0.5) is 10.1 Å². The van der Waals surface area contributed by atoms with Crippen LogP contribution in [-0.2, 0) is 11.4 Å². The molecule has 0 heterocycles. The van der Waals surface area contributed by atoms with E-state index in [-0.39, 0.29) is 5.82 Å². The van der Waals surface area contributed by atoms with E-state index in [0.717, 1.165) is 5.56 Å². The fraction of sp³-hybridized carbons (Fsp3) is 0.0667. The van der Waals surface area contributed by atoms with Gasteiger partial charge in [0, 0.05) is 0 Å². The first-order chi connectivity index (χ1) is 9.84. The van der Waals surface area contributed by atoms with Crippen molar-refractivity contribution in [2.45, 2.75) is 6.61 Å². The predicted octanol–water partition coefficient (Wildman–Crippen LogP) is 3.43. The fourth-order valence-electron chi connectivity index (χ4n) is 1.46. The summed E-state index contributed by atoms with van der Waals surface area (Å²) < 4.78 is 12.9. The van der Waals surface area contributed by atoms with Crippen LogP contribution in [0.2, 0.25) is 0 Å². The summed E-state index contributed by atoms with van der Waals surface area (Å²) in [5.41, 5.74) is 4.29. The minimum absolute atomic E-state index is 0.315. The average molecular weight is 271 g/mol. The van der Waals surface area contributed by atoms with Gasteiger partial charge >= 0.3 is 0 Å². The van der Waals surface area contributed by atoms with Crippen molar-refractivity contribution in [2.24, 2.45) is 10.3 Å². The molecular weight excluding hydrogens is 257 g/mol. The highest BCUT2D eigenvalue weighted by atomic mass is 19.1. The summed E-state index contributed by atoms with van der Waals surface area (Å²) in [5, 5.41) is 7.58. The molecule has 2 aromatic carbocycles. The van der Waals surface area contributed by atoms with Crippen LogP contribution in [0.15, 0.2) is 64.9 Å². The number of hydrazone groups is 1. The van der Waals surface area contributed by atoms with Gasteiger partial charge < -0.3 is 4.84 Å². The minimum atomic E-state index is -0.315. The molecule has 0 saturated heterocycles. The normalized spacial score (nSPS) is 11.1. The molecule has 0 aliphatic carbocycles. The molecule has 4 nitrogen and oxygen atoms in total. The second-order valence-electron chi connectivity index (χ2n) is 3.91. The topological polar surface area (TPSA) is 46.0 Å². The van der Waals surface area contributed by atoms with Crippen LogP contribution in [0.25, 0.3) is 0 Å². The SMILES string of the molecule is Fc1cccc(N/N=C/C=N/OCc2ccccc2)c1. The summed E-state index contributed by atoms with van der Waals surface area (Å²) in [6.45, 7) is 0.405. The van der Waals surface area contributed by atoms with Crippen molar-refractivity contribution in [2.75, 3.05) is 5.43 Å². The van der Waals surface area contributed by atoms with E-state index in [0.29, 0.717) is 12.3 Å². The zero-order valence-electron chi connectivity index (χ0n) is 10.7. The van der Waals surface area contributed by atoms with Crippen molar-refractivity contribution < 1.29 is 9.23 Å². The molecule has 0 radical (unpaired) electrons. The number of halogens is 1. The molecule has 2 aromatic rings. The smallest absolute Gasteiger partial charge is 0.142 e. The maximum atomic E-state index is 12.9. The van der Waals surface area contributed by atoms with E-state index in [4.69, 9.17) is 4.84 Å². The molecule has 0 amide bonds. The molecular formula is C15H14FN3O. The summed E-state index contributed by atoms with van der Waals surface area (Å²) in [6, 6.07) is 15.8. The largest absolute Gasteiger partial charge is 0.391 e. The van der Waals surface area contributed by atoms with Crippen molar-refractivity contribution in [1.29, 1.82) is 0 Å². The summed E-state index contributed by atoms with van der Waals surface area (Å²) in [7, 11) is 0. The highest BCUT2D eigenvalue weighted by Gasteiger charge is 1.91. The molecule has 0 atom stereocenters. The lowest BCUT2D eigenvalue weighted by Gasteiger charge is -1.98. The molecule has 20 heavy (non-hydrogen) atoms. The average Bonchev–Trinajstić information content (AvgIpc) is 2.47. The van der Waals surface area contributed by atoms with Gasteiger partial charge in [0.25, 0.3) is 0 Å². The van der Waals surface area contributed by atoms with Crippen molar-refractivity contribution in [3.63, 3.8) is 0 Å². The monoisotopic (exact) mass is 271 g/mol. The summed E-state index contributed by atoms with van der Waals surface area (Å²) in [6.07, 6.45) is 2.84. The number of benzene rings is 2. The number of nitrogens with one attached hydrogen (secondary N) is 1. The molecule has 0 saturated carbocycles. The van der Waals surface area contributed by atoms with Crippen LogP contribution >= 0.6 is 0 Å². The number of nitrogens with zero attached hydrogens (tertiary/aromatic N) is 2. The molecule has 1 N–H and O–H groups in total. The molecule has 0 aromatic heterocycles. The zero-order chi connectivity index (χ0) is 14.0. The summed E-state index contributed by atoms with van der Waals surface area (Å²) in [5.74, 6) is -0.315. The Morgan fingerprint density at radius 3 is 2.70 bits per heavy atom. The molecule has 0 spiro atoms. The maximum absolute atomic E-state index is 12.9. The van der Waals surface area contributed by atoms with Gasteiger partial charge in [-0.2, -0.15) is 5.10 Å². The lowest BCUT2D eigenvalue weighted by atomic mass is 10.2. The maximum Gasteiger partial charge on any atom is 0.142 e. The van der Waals surface area contributed by atoms with E-state index in [1.807, 2.05) is 30.3 Å². The number of oxime groups is 1. The van der Waals surface area contributed by atoms with Gasteiger partial charge in [0.05, 0.1) is 18.1 Å². The fourth-order valence-corrected chi connectivity index (χ4v) is 1.46. The molecule has 0 fully saturated rings. The van der Waals surface area contributed by atoms with E-state index in [9.17, 15) is 4.39 Å². The Hall–Kier alpha value is -2.69. The van der Waals surface area contributed by atoms with Crippen molar-refractivity contribution in [1.82, 2.24) is 0 Å². The van der Waals surface area contributed by atoms with Crippen molar-refractivity contribution >= 4 is 18.1 Å². The lowest BCUT2D eigenvalue weighted by Crippen LogP contribution is -1.91. The van der Waals surface area contributed by atoms with Crippen LogP contribution in [0.5, 0.6) is 0 Å². The quantitative estimate of drug-likeness (QED) is 0.646. The standard InChI is InChI=1S/C15H14FN3O/c16-14-7-4-8-15(11-14)19-17-9-10-18-20-12-13-5-2-1-3-6-13/h1-11,19H,12H2/b17-9+,18-10+. The van der Waals surface area contributed by atoms with Crippen LogP contribution in [0, 0.1) is 5.82 Å². The van der Waals surface area contributed by atoms with Crippen LogP contribution < -0.4 is 5.43 Å².